The Bertz CT molecular complexity index is 707. The lowest BCUT2D eigenvalue weighted by Crippen LogP contribution is -1.87. The van der Waals surface area contributed by atoms with Gasteiger partial charge < -0.3 is 0 Å². The molecule has 3 aromatic rings. The van der Waals surface area contributed by atoms with Crippen LogP contribution < -0.4 is 0 Å². The van der Waals surface area contributed by atoms with E-state index < -0.39 is 0 Å². The summed E-state index contributed by atoms with van der Waals surface area (Å²) in [5, 5.41) is 13.2. The van der Waals surface area contributed by atoms with Crippen LogP contribution in [0.4, 0.5) is 0 Å². The Morgan fingerprint density at radius 1 is 1.12 bits per heavy atom. The van der Waals surface area contributed by atoms with Crippen LogP contribution in [0.5, 0.6) is 0 Å². The maximum atomic E-state index is 8.81. The van der Waals surface area contributed by atoms with Gasteiger partial charge in [0.15, 0.2) is 11.5 Å². The van der Waals surface area contributed by atoms with E-state index in [1.807, 2.05) is 30.3 Å². The lowest BCUT2D eigenvalue weighted by atomic mass is 10.2. The van der Waals surface area contributed by atoms with Crippen molar-refractivity contribution in [1.82, 2.24) is 14.6 Å². The van der Waals surface area contributed by atoms with Gasteiger partial charge >= 0.3 is 0 Å². The predicted octanol–water partition coefficient (Wildman–Crippen LogP) is 2.27. The Kier molecular flexibility index (Phi) is 2.09. The fourth-order valence-corrected chi connectivity index (χ4v) is 1.66. The van der Waals surface area contributed by atoms with Crippen LogP contribution >= 0.6 is 0 Å². The van der Waals surface area contributed by atoms with E-state index in [-0.39, 0.29) is 0 Å². The van der Waals surface area contributed by atoms with Gasteiger partial charge in [0.05, 0.1) is 11.6 Å². The van der Waals surface area contributed by atoms with Gasteiger partial charge in [-0.25, -0.2) is 9.50 Å². The fourth-order valence-electron chi connectivity index (χ4n) is 1.66. The number of fused-ring (bicyclic) bond motifs is 1. The number of rotatable bonds is 1. The lowest BCUT2D eigenvalue weighted by Gasteiger charge is -1.91. The van der Waals surface area contributed by atoms with Gasteiger partial charge in [0.2, 0.25) is 0 Å². The summed E-state index contributed by atoms with van der Waals surface area (Å²) < 4.78 is 1.67. The zero-order chi connectivity index (χ0) is 11.7. The predicted molar refractivity (Wildman–Crippen MR) is 63.1 cm³/mol. The van der Waals surface area contributed by atoms with E-state index in [9.17, 15) is 0 Å². The largest absolute Gasteiger partial charge is 0.220 e. The van der Waals surface area contributed by atoms with Gasteiger partial charge in [-0.15, -0.1) is 5.10 Å². The SMILES string of the molecule is N#Cc1ccn2nc(-c3ccccc3)nc2c1. The molecule has 0 bridgehead atoms. The maximum absolute atomic E-state index is 8.81. The van der Waals surface area contributed by atoms with Gasteiger partial charge in [-0.2, -0.15) is 5.26 Å². The van der Waals surface area contributed by atoms with Gasteiger partial charge in [0.1, 0.15) is 0 Å². The first kappa shape index (κ1) is 9.55. The molecule has 0 aliphatic heterocycles. The van der Waals surface area contributed by atoms with E-state index in [1.54, 1.807) is 22.8 Å². The maximum Gasteiger partial charge on any atom is 0.182 e. The third-order valence-corrected chi connectivity index (χ3v) is 2.50. The Labute approximate surface area is 97.8 Å². The van der Waals surface area contributed by atoms with Crippen LogP contribution in [-0.2, 0) is 0 Å². The quantitative estimate of drug-likeness (QED) is 0.632. The fraction of sp³-hybridized carbons (Fsp3) is 0. The molecular formula is C13H8N4. The normalized spacial score (nSPS) is 10.3. The summed E-state index contributed by atoms with van der Waals surface area (Å²) in [6.45, 7) is 0. The molecule has 4 nitrogen and oxygen atoms in total. The molecule has 0 amide bonds. The third-order valence-electron chi connectivity index (χ3n) is 2.50. The first-order valence-electron chi connectivity index (χ1n) is 5.19. The molecule has 0 aliphatic carbocycles. The summed E-state index contributed by atoms with van der Waals surface area (Å²) in [4.78, 5) is 4.39. The Hall–Kier alpha value is -2.67. The van der Waals surface area contributed by atoms with Gasteiger partial charge in [0, 0.05) is 17.8 Å². The average molecular weight is 220 g/mol. The van der Waals surface area contributed by atoms with Crippen LogP contribution in [0.1, 0.15) is 5.56 Å². The highest BCUT2D eigenvalue weighted by Crippen LogP contribution is 2.15. The minimum Gasteiger partial charge on any atom is -0.220 e. The zero-order valence-corrected chi connectivity index (χ0v) is 8.91. The van der Waals surface area contributed by atoms with Crippen molar-refractivity contribution in [2.24, 2.45) is 0 Å². The molecule has 80 valence electrons. The van der Waals surface area contributed by atoms with Crippen molar-refractivity contribution in [3.8, 4) is 17.5 Å². The van der Waals surface area contributed by atoms with Crippen molar-refractivity contribution in [2.75, 3.05) is 0 Å². The van der Waals surface area contributed by atoms with Gasteiger partial charge in [-0.3, -0.25) is 0 Å². The van der Waals surface area contributed by atoms with Crippen molar-refractivity contribution in [3.63, 3.8) is 0 Å². The monoisotopic (exact) mass is 220 g/mol. The molecule has 2 aromatic heterocycles. The highest BCUT2D eigenvalue weighted by atomic mass is 15.3. The first-order valence-corrected chi connectivity index (χ1v) is 5.19. The molecule has 2 heterocycles. The summed E-state index contributed by atoms with van der Waals surface area (Å²) in [5.41, 5.74) is 2.24. The molecule has 0 saturated heterocycles. The molecule has 0 spiro atoms. The smallest absolute Gasteiger partial charge is 0.182 e. The summed E-state index contributed by atoms with van der Waals surface area (Å²) in [6.07, 6.45) is 1.74. The molecule has 0 fully saturated rings. The molecule has 0 unspecified atom stereocenters. The summed E-state index contributed by atoms with van der Waals surface area (Å²) in [6, 6.07) is 15.3. The Morgan fingerprint density at radius 3 is 2.71 bits per heavy atom. The molecule has 4 heteroatoms. The third kappa shape index (κ3) is 1.64. The second kappa shape index (κ2) is 3.72. The van der Waals surface area contributed by atoms with E-state index in [2.05, 4.69) is 16.2 Å². The summed E-state index contributed by atoms with van der Waals surface area (Å²) >= 11 is 0. The van der Waals surface area contributed by atoms with Crippen molar-refractivity contribution in [3.05, 3.63) is 54.2 Å². The molecule has 1 aromatic carbocycles. The second-order valence-corrected chi connectivity index (χ2v) is 3.63. The van der Waals surface area contributed by atoms with Crippen molar-refractivity contribution in [2.45, 2.75) is 0 Å². The minimum atomic E-state index is 0.588. The topological polar surface area (TPSA) is 54.0 Å². The molecule has 3 rings (SSSR count). The van der Waals surface area contributed by atoms with E-state index >= 15 is 0 Å². The van der Waals surface area contributed by atoms with E-state index in [0.29, 0.717) is 17.0 Å². The van der Waals surface area contributed by atoms with Crippen LogP contribution in [0.15, 0.2) is 48.7 Å². The van der Waals surface area contributed by atoms with Crippen LogP contribution in [0, 0.1) is 11.3 Å². The average Bonchev–Trinajstić information content (AvgIpc) is 2.82. The molecular weight excluding hydrogens is 212 g/mol. The van der Waals surface area contributed by atoms with Crippen LogP contribution in [0.3, 0.4) is 0 Å². The summed E-state index contributed by atoms with van der Waals surface area (Å²) in [5.74, 6) is 0.667. The molecule has 0 saturated carbocycles. The second-order valence-electron chi connectivity index (χ2n) is 3.63. The zero-order valence-electron chi connectivity index (χ0n) is 8.91. The number of aromatic nitrogens is 3. The van der Waals surface area contributed by atoms with Crippen LogP contribution in [0.25, 0.3) is 17.0 Å². The van der Waals surface area contributed by atoms with Gasteiger partial charge in [-0.1, -0.05) is 30.3 Å². The van der Waals surface area contributed by atoms with Gasteiger partial charge in [0.25, 0.3) is 0 Å². The highest BCUT2D eigenvalue weighted by Gasteiger charge is 2.05. The number of benzene rings is 1. The van der Waals surface area contributed by atoms with Crippen molar-refractivity contribution < 1.29 is 0 Å². The molecule has 17 heavy (non-hydrogen) atoms. The van der Waals surface area contributed by atoms with Crippen LogP contribution in [-0.4, -0.2) is 14.6 Å². The van der Waals surface area contributed by atoms with E-state index in [1.165, 1.54) is 0 Å². The standard InChI is InChI=1S/C13H8N4/c14-9-10-6-7-17-12(8-10)15-13(16-17)11-4-2-1-3-5-11/h1-8H. The number of hydrogen-bond acceptors (Lipinski definition) is 3. The van der Waals surface area contributed by atoms with E-state index in [0.717, 1.165) is 5.56 Å². The number of nitrogens with zero attached hydrogens (tertiary/aromatic N) is 4. The first-order chi connectivity index (χ1) is 8.36. The van der Waals surface area contributed by atoms with Crippen LogP contribution in [0.2, 0.25) is 0 Å². The Morgan fingerprint density at radius 2 is 1.94 bits per heavy atom. The highest BCUT2D eigenvalue weighted by molar-refractivity contribution is 5.58. The van der Waals surface area contributed by atoms with Crippen molar-refractivity contribution in [1.29, 1.82) is 5.26 Å². The summed E-state index contributed by atoms with van der Waals surface area (Å²) in [7, 11) is 0. The molecule has 0 atom stereocenters. The van der Waals surface area contributed by atoms with Gasteiger partial charge in [-0.05, 0) is 6.07 Å². The van der Waals surface area contributed by atoms with Crippen molar-refractivity contribution >= 4 is 5.65 Å². The molecule has 0 aliphatic rings. The van der Waals surface area contributed by atoms with E-state index in [4.69, 9.17) is 5.26 Å². The number of pyridine rings is 1. The number of hydrogen-bond donors (Lipinski definition) is 0. The Balaban J connectivity index is 2.18. The molecule has 0 radical (unpaired) electrons. The molecule has 0 N–H and O–H groups in total. The lowest BCUT2D eigenvalue weighted by molar-refractivity contribution is 0.964. The number of nitriles is 1. The minimum absolute atomic E-state index is 0.588.